The van der Waals surface area contributed by atoms with Crippen LogP contribution in [-0.4, -0.2) is 99.5 Å². The van der Waals surface area contributed by atoms with Crippen LogP contribution in [0.4, 0.5) is 0 Å². The van der Waals surface area contributed by atoms with Crippen LogP contribution in [0.5, 0.6) is 0 Å². The molecular weight excluding hydrogens is 450 g/mol. The summed E-state index contributed by atoms with van der Waals surface area (Å²) in [5, 5.41) is 19.1. The van der Waals surface area contributed by atoms with Gasteiger partial charge in [-0.3, -0.25) is 38.6 Å². The summed E-state index contributed by atoms with van der Waals surface area (Å²) in [7, 11) is 0. The maximum Gasteiger partial charge on any atom is 0.305 e. The molecule has 2 atom stereocenters. The number of aliphatic carboxylic acids is 1. The highest BCUT2D eigenvalue weighted by Gasteiger charge is 2.41. The van der Waals surface area contributed by atoms with Crippen LogP contribution in [0.25, 0.3) is 0 Å². The number of rotatable bonds is 13. The zero-order chi connectivity index (χ0) is 24.9. The smallest absolute Gasteiger partial charge is 0.305 e. The van der Waals surface area contributed by atoms with Crippen molar-refractivity contribution in [3.8, 4) is 0 Å². The van der Waals surface area contributed by atoms with E-state index in [-0.39, 0.29) is 52.1 Å². The topological polar surface area (TPSA) is 162 Å². The van der Waals surface area contributed by atoms with E-state index in [1.807, 2.05) is 0 Å². The Morgan fingerprint density at radius 1 is 0.882 bits per heavy atom. The van der Waals surface area contributed by atoms with Gasteiger partial charge in [-0.05, 0) is 18.9 Å². The van der Waals surface area contributed by atoms with Gasteiger partial charge in [0.25, 0.3) is 23.6 Å². The SMILES string of the molecule is O=C(O)CCOCC(CCCN1C(=O)C=CC1=O)(CN1C(=O)C=CC1=O)CN1C(=O)C=CC1O. The molecule has 0 aliphatic carbocycles. The highest BCUT2D eigenvalue weighted by molar-refractivity contribution is 6.13. The molecule has 2 unspecified atom stereocenters. The van der Waals surface area contributed by atoms with E-state index in [2.05, 4.69) is 0 Å². The zero-order valence-electron chi connectivity index (χ0n) is 18.3. The van der Waals surface area contributed by atoms with Crippen LogP contribution in [0.1, 0.15) is 19.3 Å². The first-order valence-electron chi connectivity index (χ1n) is 10.7. The van der Waals surface area contributed by atoms with Gasteiger partial charge in [0.2, 0.25) is 5.91 Å². The Morgan fingerprint density at radius 3 is 2.00 bits per heavy atom. The van der Waals surface area contributed by atoms with E-state index in [9.17, 15) is 33.9 Å². The average Bonchev–Trinajstić information content (AvgIpc) is 3.39. The number of aliphatic hydroxyl groups excluding tert-OH is 1. The fourth-order valence-electron chi connectivity index (χ4n) is 4.04. The van der Waals surface area contributed by atoms with E-state index in [4.69, 9.17) is 9.84 Å². The summed E-state index contributed by atoms with van der Waals surface area (Å²) in [6.45, 7) is -0.547. The third kappa shape index (κ3) is 5.83. The molecule has 0 aromatic carbocycles. The molecule has 0 saturated carbocycles. The normalized spacial score (nSPS) is 21.5. The Bertz CT molecular complexity index is 950. The molecule has 0 bridgehead atoms. The van der Waals surface area contributed by atoms with Gasteiger partial charge in [-0.15, -0.1) is 0 Å². The summed E-state index contributed by atoms with van der Waals surface area (Å²) in [5.41, 5.74) is -1.11. The van der Waals surface area contributed by atoms with Crippen LogP contribution in [0, 0.1) is 5.41 Å². The van der Waals surface area contributed by atoms with Crippen LogP contribution in [0.3, 0.4) is 0 Å². The Balaban J connectivity index is 1.81. The molecule has 182 valence electrons. The monoisotopic (exact) mass is 475 g/mol. The number of carboxylic acid groups (broad SMARTS) is 1. The molecule has 0 aromatic heterocycles. The molecule has 3 aliphatic heterocycles. The van der Waals surface area contributed by atoms with E-state index in [0.717, 1.165) is 39.0 Å². The quantitative estimate of drug-likeness (QED) is 0.246. The van der Waals surface area contributed by atoms with E-state index >= 15 is 0 Å². The zero-order valence-corrected chi connectivity index (χ0v) is 18.3. The third-order valence-corrected chi connectivity index (χ3v) is 5.77. The summed E-state index contributed by atoms with van der Waals surface area (Å²) in [5.74, 6) is -3.59. The largest absolute Gasteiger partial charge is 0.481 e. The van der Waals surface area contributed by atoms with Crippen LogP contribution in [-0.2, 0) is 33.5 Å². The summed E-state index contributed by atoms with van der Waals surface area (Å²) in [6, 6.07) is 0. The maximum atomic E-state index is 12.3. The first-order chi connectivity index (χ1) is 16.1. The Labute approximate surface area is 194 Å². The van der Waals surface area contributed by atoms with Crippen LogP contribution < -0.4 is 0 Å². The summed E-state index contributed by atoms with van der Waals surface area (Å²) in [6.07, 6.45) is 5.95. The molecule has 0 spiro atoms. The highest BCUT2D eigenvalue weighted by atomic mass is 16.5. The number of hydrogen-bond donors (Lipinski definition) is 2. The van der Waals surface area contributed by atoms with Crippen molar-refractivity contribution in [2.24, 2.45) is 5.41 Å². The number of amides is 5. The molecule has 0 fully saturated rings. The number of carboxylic acids is 1. The number of carbonyl (C=O) groups excluding carboxylic acids is 5. The predicted molar refractivity (Wildman–Crippen MR) is 113 cm³/mol. The molecule has 3 heterocycles. The van der Waals surface area contributed by atoms with Gasteiger partial charge in [-0.1, -0.05) is 0 Å². The number of carbonyl (C=O) groups is 6. The number of imide groups is 2. The number of aliphatic hydroxyl groups is 1. The van der Waals surface area contributed by atoms with E-state index in [1.165, 1.54) is 12.2 Å². The highest BCUT2D eigenvalue weighted by Crippen LogP contribution is 2.31. The van der Waals surface area contributed by atoms with E-state index < -0.39 is 47.1 Å². The summed E-state index contributed by atoms with van der Waals surface area (Å²) >= 11 is 0. The van der Waals surface area contributed by atoms with E-state index in [0.29, 0.717) is 0 Å². The second-order valence-corrected chi connectivity index (χ2v) is 8.30. The molecular formula is C22H25N3O9. The first kappa shape index (κ1) is 25.0. The third-order valence-electron chi connectivity index (χ3n) is 5.77. The van der Waals surface area contributed by atoms with Crippen molar-refractivity contribution in [3.05, 3.63) is 36.5 Å². The van der Waals surface area contributed by atoms with Crippen molar-refractivity contribution < 1.29 is 43.7 Å². The number of hydrogen-bond acceptors (Lipinski definition) is 8. The Morgan fingerprint density at radius 2 is 1.47 bits per heavy atom. The minimum Gasteiger partial charge on any atom is -0.481 e. The van der Waals surface area contributed by atoms with Crippen LogP contribution >= 0.6 is 0 Å². The number of nitrogens with zero attached hydrogens (tertiary/aromatic N) is 3. The van der Waals surface area contributed by atoms with Gasteiger partial charge >= 0.3 is 5.97 Å². The molecule has 2 N–H and O–H groups in total. The minimum absolute atomic E-state index is 0.0520. The lowest BCUT2D eigenvalue weighted by Crippen LogP contribution is -2.52. The maximum absolute atomic E-state index is 12.3. The van der Waals surface area contributed by atoms with Crippen molar-refractivity contribution >= 4 is 35.5 Å². The van der Waals surface area contributed by atoms with Crippen LogP contribution in [0.15, 0.2) is 36.5 Å². The lowest BCUT2D eigenvalue weighted by molar-refractivity contribution is -0.142. The van der Waals surface area contributed by atoms with Gasteiger partial charge in [-0.25, -0.2) is 0 Å². The van der Waals surface area contributed by atoms with Crippen molar-refractivity contribution in [2.45, 2.75) is 25.5 Å². The molecule has 12 heteroatoms. The van der Waals surface area contributed by atoms with E-state index in [1.54, 1.807) is 0 Å². The Kier molecular flexibility index (Phi) is 7.74. The first-order valence-corrected chi connectivity index (χ1v) is 10.7. The van der Waals surface area contributed by atoms with Gasteiger partial charge in [0.1, 0.15) is 6.23 Å². The fourth-order valence-corrected chi connectivity index (χ4v) is 4.04. The van der Waals surface area contributed by atoms with Gasteiger partial charge in [-0.2, -0.15) is 0 Å². The van der Waals surface area contributed by atoms with Gasteiger partial charge in [0, 0.05) is 55.4 Å². The summed E-state index contributed by atoms with van der Waals surface area (Å²) in [4.78, 5) is 74.7. The standard InChI is InChI=1S/C22H25N3O9/c26-15-2-3-16(27)23(15)10-1-9-22(14-34-11-8-21(32)33,12-24-17(28)4-5-18(24)29)13-25-19(30)6-7-20(25)31/h2-7,17,28H,1,8-14H2,(H,32,33). The predicted octanol–water partition coefficient (Wildman–Crippen LogP) is -1.19. The molecule has 3 aliphatic rings. The average molecular weight is 475 g/mol. The van der Waals surface area contributed by atoms with Gasteiger partial charge in [0.15, 0.2) is 0 Å². The summed E-state index contributed by atoms with van der Waals surface area (Å²) < 4.78 is 5.59. The molecule has 12 nitrogen and oxygen atoms in total. The van der Waals surface area contributed by atoms with Crippen molar-refractivity contribution in [3.63, 3.8) is 0 Å². The molecule has 3 rings (SSSR count). The molecule has 0 radical (unpaired) electrons. The molecule has 5 amide bonds. The van der Waals surface area contributed by atoms with Crippen molar-refractivity contribution in [1.82, 2.24) is 14.7 Å². The van der Waals surface area contributed by atoms with Crippen molar-refractivity contribution in [2.75, 3.05) is 32.8 Å². The Hall–Kier alpha value is -3.64. The van der Waals surface area contributed by atoms with Gasteiger partial charge < -0.3 is 19.8 Å². The van der Waals surface area contributed by atoms with Gasteiger partial charge in [0.05, 0.1) is 19.6 Å². The van der Waals surface area contributed by atoms with Crippen molar-refractivity contribution in [1.29, 1.82) is 0 Å². The second kappa shape index (κ2) is 10.5. The number of ether oxygens (including phenoxy) is 1. The lowest BCUT2D eigenvalue weighted by atomic mass is 9.82. The second-order valence-electron chi connectivity index (χ2n) is 8.30. The molecule has 34 heavy (non-hydrogen) atoms. The molecule has 0 saturated heterocycles. The minimum atomic E-state index is -1.22. The molecule has 0 aromatic rings. The lowest BCUT2D eigenvalue weighted by Gasteiger charge is -2.40. The van der Waals surface area contributed by atoms with Crippen LogP contribution in [0.2, 0.25) is 0 Å². The fraction of sp³-hybridized carbons (Fsp3) is 0.455.